The van der Waals surface area contributed by atoms with Crippen molar-refractivity contribution in [1.82, 2.24) is 20.3 Å². The number of para-hydroxylation sites is 1. The topological polar surface area (TPSA) is 74.9 Å². The van der Waals surface area contributed by atoms with Gasteiger partial charge in [0.1, 0.15) is 11.4 Å². The molecule has 0 unspecified atom stereocenters. The Morgan fingerprint density at radius 1 is 0.850 bits per heavy atom. The second-order valence-electron chi connectivity index (χ2n) is 10.6. The first-order valence-corrected chi connectivity index (χ1v) is 12.9. The first-order valence-electron chi connectivity index (χ1n) is 12.9. The molecular formula is C31H30F3N5O. The molecule has 2 aromatic heterocycles. The van der Waals surface area contributed by atoms with Gasteiger partial charge in [-0.3, -0.25) is 0 Å². The Kier molecular flexibility index (Phi) is 7.49. The fourth-order valence-electron chi connectivity index (χ4n) is 4.36. The first-order chi connectivity index (χ1) is 19.1. The third-order valence-electron chi connectivity index (χ3n) is 6.41. The SMILES string of the molecule is CC(C)(C)c1ccccc1Oc1ncccc1Nc1nc2ccc(CNCc3ccc(C(F)(F)F)cc3)cc2[nH]1. The Balaban J connectivity index is 1.26. The second kappa shape index (κ2) is 11.0. The van der Waals surface area contributed by atoms with Crippen LogP contribution in [0.5, 0.6) is 11.6 Å². The molecule has 5 aromatic rings. The molecule has 206 valence electrons. The van der Waals surface area contributed by atoms with Crippen LogP contribution in [0.25, 0.3) is 11.0 Å². The molecule has 5 rings (SSSR count). The molecule has 0 amide bonds. The lowest BCUT2D eigenvalue weighted by atomic mass is 9.86. The molecule has 2 heterocycles. The maximum Gasteiger partial charge on any atom is 0.416 e. The van der Waals surface area contributed by atoms with E-state index in [1.54, 1.807) is 6.20 Å². The Morgan fingerprint density at radius 2 is 1.57 bits per heavy atom. The van der Waals surface area contributed by atoms with Crippen LogP contribution in [0.2, 0.25) is 0 Å². The van der Waals surface area contributed by atoms with Crippen molar-refractivity contribution in [3.05, 3.63) is 107 Å². The van der Waals surface area contributed by atoms with E-state index in [1.807, 2.05) is 48.5 Å². The van der Waals surface area contributed by atoms with Gasteiger partial charge in [0.25, 0.3) is 0 Å². The number of nitrogens with zero attached hydrogens (tertiary/aromatic N) is 2. The number of halogens is 3. The van der Waals surface area contributed by atoms with Crippen molar-refractivity contribution in [2.75, 3.05) is 5.32 Å². The smallest absolute Gasteiger partial charge is 0.416 e. The summed E-state index contributed by atoms with van der Waals surface area (Å²) in [4.78, 5) is 12.4. The van der Waals surface area contributed by atoms with Gasteiger partial charge in [-0.2, -0.15) is 13.2 Å². The standard InChI is InChI=1S/C31H30F3N5O/c1-30(2,3)23-7-4-5-9-27(23)40-28-25(8-6-16-36-28)38-29-37-24-15-12-21(17-26(24)39-29)19-35-18-20-10-13-22(14-11-20)31(32,33)34/h4-17,35H,18-19H2,1-3H3,(H2,37,38,39). The minimum absolute atomic E-state index is 0.0952. The van der Waals surface area contributed by atoms with Gasteiger partial charge in [-0.05, 0) is 59.0 Å². The van der Waals surface area contributed by atoms with Gasteiger partial charge in [-0.1, -0.05) is 57.2 Å². The summed E-state index contributed by atoms with van der Waals surface area (Å²) < 4.78 is 44.6. The van der Waals surface area contributed by atoms with Crippen molar-refractivity contribution in [3.63, 3.8) is 0 Å². The van der Waals surface area contributed by atoms with Crippen LogP contribution >= 0.6 is 0 Å². The fraction of sp³-hybridized carbons (Fsp3) is 0.226. The van der Waals surface area contributed by atoms with E-state index in [9.17, 15) is 13.2 Å². The van der Waals surface area contributed by atoms with Gasteiger partial charge in [-0.25, -0.2) is 9.97 Å². The summed E-state index contributed by atoms with van der Waals surface area (Å²) in [5.74, 6) is 1.73. The van der Waals surface area contributed by atoms with Gasteiger partial charge in [0.05, 0.1) is 16.6 Å². The van der Waals surface area contributed by atoms with Crippen LogP contribution in [0.1, 0.15) is 43.0 Å². The maximum atomic E-state index is 12.8. The van der Waals surface area contributed by atoms with E-state index in [1.165, 1.54) is 12.1 Å². The Morgan fingerprint density at radius 3 is 2.33 bits per heavy atom. The number of rotatable bonds is 8. The fourth-order valence-corrected chi connectivity index (χ4v) is 4.36. The van der Waals surface area contributed by atoms with Crippen LogP contribution < -0.4 is 15.4 Å². The zero-order valence-corrected chi connectivity index (χ0v) is 22.4. The number of H-pyrrole nitrogens is 1. The van der Waals surface area contributed by atoms with Crippen molar-refractivity contribution in [2.24, 2.45) is 0 Å². The van der Waals surface area contributed by atoms with Crippen molar-refractivity contribution in [1.29, 1.82) is 0 Å². The molecule has 0 aliphatic rings. The summed E-state index contributed by atoms with van der Waals surface area (Å²) in [6.07, 6.45) is -2.65. The number of aromatic nitrogens is 3. The lowest BCUT2D eigenvalue weighted by molar-refractivity contribution is -0.137. The van der Waals surface area contributed by atoms with Crippen LogP contribution in [0, 0.1) is 0 Å². The summed E-state index contributed by atoms with van der Waals surface area (Å²) in [6, 6.07) is 22.7. The molecule has 0 radical (unpaired) electrons. The molecule has 6 nitrogen and oxygen atoms in total. The summed E-state index contributed by atoms with van der Waals surface area (Å²) >= 11 is 0. The van der Waals surface area contributed by atoms with Crippen LogP contribution in [-0.4, -0.2) is 15.0 Å². The number of imidazole rings is 1. The zero-order chi connectivity index (χ0) is 28.3. The number of nitrogens with one attached hydrogen (secondary N) is 3. The minimum Gasteiger partial charge on any atom is -0.437 e. The van der Waals surface area contributed by atoms with Gasteiger partial charge in [0.15, 0.2) is 0 Å². The van der Waals surface area contributed by atoms with Gasteiger partial charge < -0.3 is 20.4 Å². The van der Waals surface area contributed by atoms with Crippen molar-refractivity contribution in [2.45, 2.75) is 45.5 Å². The molecule has 0 spiro atoms. The molecule has 0 atom stereocenters. The summed E-state index contributed by atoms with van der Waals surface area (Å²) in [6.45, 7) is 7.42. The molecule has 40 heavy (non-hydrogen) atoms. The lowest BCUT2D eigenvalue weighted by Crippen LogP contribution is -2.13. The summed E-state index contributed by atoms with van der Waals surface area (Å²) in [7, 11) is 0. The lowest BCUT2D eigenvalue weighted by Gasteiger charge is -2.22. The molecule has 0 saturated heterocycles. The molecule has 3 aromatic carbocycles. The van der Waals surface area contributed by atoms with E-state index in [-0.39, 0.29) is 5.41 Å². The van der Waals surface area contributed by atoms with Crippen molar-refractivity contribution >= 4 is 22.7 Å². The van der Waals surface area contributed by atoms with Gasteiger partial charge in [0.2, 0.25) is 11.8 Å². The molecule has 9 heteroatoms. The normalized spacial score (nSPS) is 12.1. The van der Waals surface area contributed by atoms with Crippen molar-refractivity contribution in [3.8, 4) is 11.6 Å². The molecule has 0 aliphatic carbocycles. The van der Waals surface area contributed by atoms with E-state index in [4.69, 9.17) is 4.74 Å². The number of hydrogen-bond acceptors (Lipinski definition) is 5. The highest BCUT2D eigenvalue weighted by atomic mass is 19.4. The summed E-state index contributed by atoms with van der Waals surface area (Å²) in [5, 5.41) is 6.57. The molecule has 3 N–H and O–H groups in total. The number of benzene rings is 3. The number of ether oxygens (including phenoxy) is 1. The van der Waals surface area contributed by atoms with Crippen LogP contribution in [0.4, 0.5) is 24.8 Å². The van der Waals surface area contributed by atoms with Gasteiger partial charge in [-0.15, -0.1) is 0 Å². The van der Waals surface area contributed by atoms with E-state index in [0.717, 1.165) is 45.6 Å². The monoisotopic (exact) mass is 545 g/mol. The molecule has 0 saturated carbocycles. The Hall–Kier alpha value is -4.37. The Bertz CT molecular complexity index is 1600. The zero-order valence-electron chi connectivity index (χ0n) is 22.4. The molecule has 0 fully saturated rings. The van der Waals surface area contributed by atoms with Gasteiger partial charge >= 0.3 is 6.18 Å². The number of aromatic amines is 1. The highest BCUT2D eigenvalue weighted by Gasteiger charge is 2.29. The highest BCUT2D eigenvalue weighted by Crippen LogP contribution is 2.36. The van der Waals surface area contributed by atoms with E-state index in [0.29, 0.717) is 30.6 Å². The predicted molar refractivity (Wildman–Crippen MR) is 151 cm³/mol. The quantitative estimate of drug-likeness (QED) is 0.184. The highest BCUT2D eigenvalue weighted by molar-refractivity contribution is 5.79. The summed E-state index contributed by atoms with van der Waals surface area (Å²) in [5.41, 5.74) is 4.44. The van der Waals surface area contributed by atoms with Crippen LogP contribution in [-0.2, 0) is 24.7 Å². The second-order valence-corrected chi connectivity index (χ2v) is 10.6. The van der Waals surface area contributed by atoms with Crippen LogP contribution in [0.15, 0.2) is 85.1 Å². The van der Waals surface area contributed by atoms with Crippen LogP contribution in [0.3, 0.4) is 0 Å². The molecular weight excluding hydrogens is 515 g/mol. The number of fused-ring (bicyclic) bond motifs is 1. The number of hydrogen-bond donors (Lipinski definition) is 3. The molecule has 0 aliphatic heterocycles. The largest absolute Gasteiger partial charge is 0.437 e. The number of pyridine rings is 1. The maximum absolute atomic E-state index is 12.8. The number of alkyl halides is 3. The minimum atomic E-state index is -4.33. The molecule has 0 bridgehead atoms. The van der Waals surface area contributed by atoms with E-state index in [2.05, 4.69) is 52.4 Å². The Labute approximate surface area is 230 Å². The first kappa shape index (κ1) is 27.2. The average Bonchev–Trinajstić information content (AvgIpc) is 3.31. The third kappa shape index (κ3) is 6.43. The van der Waals surface area contributed by atoms with E-state index < -0.39 is 11.7 Å². The van der Waals surface area contributed by atoms with E-state index >= 15 is 0 Å². The van der Waals surface area contributed by atoms with Gasteiger partial charge in [0, 0.05) is 24.8 Å². The van der Waals surface area contributed by atoms with Crippen molar-refractivity contribution < 1.29 is 17.9 Å². The predicted octanol–water partition coefficient (Wildman–Crippen LogP) is 8.10. The third-order valence-corrected chi connectivity index (χ3v) is 6.41. The number of anilines is 2. The average molecular weight is 546 g/mol.